The highest BCUT2D eigenvalue weighted by Gasteiger charge is 2.07. The number of sulfone groups is 1. The third-order valence-electron chi connectivity index (χ3n) is 2.44. The first-order valence-corrected chi connectivity index (χ1v) is 7.61. The Labute approximate surface area is 107 Å². The standard InChI is InChI=1S/C12H17NO4S/c1-9-8-10(4-5-11(9)14)12(15)13-6-3-7-18(2,16)17/h4-5,8,14H,3,6-7H2,1-2H3,(H,13,15). The van der Waals surface area contributed by atoms with E-state index in [1.54, 1.807) is 13.0 Å². The van der Waals surface area contributed by atoms with E-state index in [2.05, 4.69) is 5.32 Å². The Balaban J connectivity index is 2.48. The van der Waals surface area contributed by atoms with E-state index in [1.807, 2.05) is 0 Å². The fourth-order valence-corrected chi connectivity index (χ4v) is 2.10. The molecule has 1 rings (SSSR count). The lowest BCUT2D eigenvalue weighted by molar-refractivity contribution is 0.0953. The maximum absolute atomic E-state index is 11.7. The highest BCUT2D eigenvalue weighted by molar-refractivity contribution is 7.90. The Morgan fingerprint density at radius 3 is 2.61 bits per heavy atom. The van der Waals surface area contributed by atoms with Gasteiger partial charge >= 0.3 is 0 Å². The fourth-order valence-electron chi connectivity index (χ4n) is 1.44. The second kappa shape index (κ2) is 5.86. The Kier molecular flexibility index (Phi) is 4.72. The second-order valence-electron chi connectivity index (χ2n) is 4.24. The van der Waals surface area contributed by atoms with Gasteiger partial charge in [-0.1, -0.05) is 0 Å². The summed E-state index contributed by atoms with van der Waals surface area (Å²) in [5.74, 6) is -0.0720. The van der Waals surface area contributed by atoms with Gasteiger partial charge in [-0.3, -0.25) is 4.79 Å². The summed E-state index contributed by atoms with van der Waals surface area (Å²) in [6.45, 7) is 2.02. The number of hydrogen-bond acceptors (Lipinski definition) is 4. The summed E-state index contributed by atoms with van der Waals surface area (Å²) in [6.07, 6.45) is 1.56. The number of carbonyl (C=O) groups excluding carboxylic acids is 1. The number of rotatable bonds is 5. The molecular formula is C12H17NO4S. The molecule has 0 saturated heterocycles. The van der Waals surface area contributed by atoms with Gasteiger partial charge in [-0.2, -0.15) is 0 Å². The molecule has 6 heteroatoms. The van der Waals surface area contributed by atoms with E-state index < -0.39 is 9.84 Å². The largest absolute Gasteiger partial charge is 0.508 e. The SMILES string of the molecule is Cc1cc(C(=O)NCCCS(C)(=O)=O)ccc1O. The highest BCUT2D eigenvalue weighted by Crippen LogP contribution is 2.16. The average Bonchev–Trinajstić information content (AvgIpc) is 2.26. The van der Waals surface area contributed by atoms with E-state index in [4.69, 9.17) is 0 Å². The van der Waals surface area contributed by atoms with Gasteiger partial charge in [-0.05, 0) is 37.1 Å². The molecule has 0 fully saturated rings. The van der Waals surface area contributed by atoms with Crippen LogP contribution in [0.1, 0.15) is 22.3 Å². The molecule has 0 atom stereocenters. The molecule has 0 bridgehead atoms. The van der Waals surface area contributed by atoms with Crippen molar-refractivity contribution in [2.75, 3.05) is 18.6 Å². The minimum atomic E-state index is -2.98. The smallest absolute Gasteiger partial charge is 0.251 e. The Bertz CT molecular complexity index is 537. The van der Waals surface area contributed by atoms with Crippen molar-refractivity contribution in [3.05, 3.63) is 29.3 Å². The number of phenolic OH excluding ortho intramolecular Hbond substituents is 1. The molecule has 0 aliphatic rings. The van der Waals surface area contributed by atoms with E-state index in [9.17, 15) is 18.3 Å². The number of aryl methyl sites for hydroxylation is 1. The van der Waals surface area contributed by atoms with Crippen LogP contribution in [0, 0.1) is 6.92 Å². The van der Waals surface area contributed by atoms with Crippen LogP contribution in [0.25, 0.3) is 0 Å². The van der Waals surface area contributed by atoms with Gasteiger partial charge in [0.1, 0.15) is 15.6 Å². The summed E-state index contributed by atoms with van der Waals surface area (Å²) in [5.41, 5.74) is 1.07. The van der Waals surface area contributed by atoms with Crippen LogP contribution in [-0.4, -0.2) is 38.0 Å². The molecule has 0 aliphatic carbocycles. The Morgan fingerprint density at radius 1 is 1.39 bits per heavy atom. The first-order valence-electron chi connectivity index (χ1n) is 5.55. The monoisotopic (exact) mass is 271 g/mol. The van der Waals surface area contributed by atoms with Crippen LogP contribution in [0.5, 0.6) is 5.75 Å². The van der Waals surface area contributed by atoms with Gasteiger partial charge < -0.3 is 10.4 Å². The number of amides is 1. The number of benzene rings is 1. The first kappa shape index (κ1) is 14.5. The number of aromatic hydroxyl groups is 1. The van der Waals surface area contributed by atoms with Crippen molar-refractivity contribution in [1.29, 1.82) is 0 Å². The van der Waals surface area contributed by atoms with Crippen LogP contribution in [0.15, 0.2) is 18.2 Å². The van der Waals surface area contributed by atoms with Crippen molar-refractivity contribution < 1.29 is 18.3 Å². The van der Waals surface area contributed by atoms with Crippen molar-refractivity contribution in [3.63, 3.8) is 0 Å². The van der Waals surface area contributed by atoms with Gasteiger partial charge in [0.05, 0.1) is 5.75 Å². The summed E-state index contributed by atoms with van der Waals surface area (Å²) in [6, 6.07) is 4.57. The number of hydrogen-bond donors (Lipinski definition) is 2. The van der Waals surface area contributed by atoms with E-state index in [-0.39, 0.29) is 17.4 Å². The summed E-state index contributed by atoms with van der Waals surface area (Å²) in [5, 5.41) is 12.0. The maximum atomic E-state index is 11.7. The molecule has 0 aromatic heterocycles. The van der Waals surface area contributed by atoms with Crippen LogP contribution in [0.3, 0.4) is 0 Å². The molecule has 100 valence electrons. The van der Waals surface area contributed by atoms with Gasteiger partial charge in [-0.15, -0.1) is 0 Å². The molecule has 1 amide bonds. The molecule has 0 spiro atoms. The summed E-state index contributed by atoms with van der Waals surface area (Å²) < 4.78 is 21.8. The summed E-state index contributed by atoms with van der Waals surface area (Å²) in [4.78, 5) is 11.7. The van der Waals surface area contributed by atoms with E-state index in [1.165, 1.54) is 12.1 Å². The Morgan fingerprint density at radius 2 is 2.06 bits per heavy atom. The topological polar surface area (TPSA) is 83.5 Å². The van der Waals surface area contributed by atoms with Crippen molar-refractivity contribution in [2.24, 2.45) is 0 Å². The van der Waals surface area contributed by atoms with Crippen LogP contribution < -0.4 is 5.32 Å². The predicted octanol–water partition coefficient (Wildman–Crippen LogP) is 0.865. The van der Waals surface area contributed by atoms with Crippen LogP contribution in [-0.2, 0) is 9.84 Å². The molecule has 0 saturated carbocycles. The van der Waals surface area contributed by atoms with Gasteiger partial charge in [0.15, 0.2) is 0 Å². The average molecular weight is 271 g/mol. The van der Waals surface area contributed by atoms with Gasteiger partial charge in [0.25, 0.3) is 5.91 Å². The number of phenols is 1. The minimum Gasteiger partial charge on any atom is -0.508 e. The minimum absolute atomic E-state index is 0.0574. The molecule has 0 unspecified atom stereocenters. The van der Waals surface area contributed by atoms with Crippen molar-refractivity contribution in [2.45, 2.75) is 13.3 Å². The zero-order valence-electron chi connectivity index (χ0n) is 10.4. The molecule has 18 heavy (non-hydrogen) atoms. The van der Waals surface area contributed by atoms with Crippen LogP contribution in [0.2, 0.25) is 0 Å². The van der Waals surface area contributed by atoms with Crippen molar-refractivity contribution in [1.82, 2.24) is 5.32 Å². The lowest BCUT2D eigenvalue weighted by Gasteiger charge is -2.06. The molecule has 1 aromatic carbocycles. The van der Waals surface area contributed by atoms with E-state index in [0.717, 1.165) is 6.26 Å². The molecule has 2 N–H and O–H groups in total. The van der Waals surface area contributed by atoms with Crippen molar-refractivity contribution in [3.8, 4) is 5.75 Å². The third kappa shape index (κ3) is 4.75. The summed E-state index contributed by atoms with van der Waals surface area (Å²) in [7, 11) is -2.98. The third-order valence-corrected chi connectivity index (χ3v) is 3.47. The Hall–Kier alpha value is -1.56. The number of carbonyl (C=O) groups is 1. The van der Waals surface area contributed by atoms with E-state index in [0.29, 0.717) is 24.1 Å². The quantitative estimate of drug-likeness (QED) is 0.778. The zero-order chi connectivity index (χ0) is 13.8. The summed E-state index contributed by atoms with van der Waals surface area (Å²) >= 11 is 0. The molecule has 0 heterocycles. The molecule has 1 aromatic rings. The fraction of sp³-hybridized carbons (Fsp3) is 0.417. The molecule has 0 aliphatic heterocycles. The van der Waals surface area contributed by atoms with Gasteiger partial charge in [-0.25, -0.2) is 8.42 Å². The van der Waals surface area contributed by atoms with Crippen LogP contribution in [0.4, 0.5) is 0 Å². The predicted molar refractivity (Wildman–Crippen MR) is 69.5 cm³/mol. The zero-order valence-corrected chi connectivity index (χ0v) is 11.3. The number of nitrogens with one attached hydrogen (secondary N) is 1. The lowest BCUT2D eigenvalue weighted by Crippen LogP contribution is -2.25. The molecule has 0 radical (unpaired) electrons. The first-order chi connectivity index (χ1) is 8.29. The maximum Gasteiger partial charge on any atom is 0.251 e. The van der Waals surface area contributed by atoms with Crippen molar-refractivity contribution >= 4 is 15.7 Å². The normalized spacial score (nSPS) is 11.2. The molecular weight excluding hydrogens is 254 g/mol. The van der Waals surface area contributed by atoms with Crippen LogP contribution >= 0.6 is 0 Å². The lowest BCUT2D eigenvalue weighted by atomic mass is 10.1. The van der Waals surface area contributed by atoms with E-state index >= 15 is 0 Å². The van der Waals surface area contributed by atoms with Gasteiger partial charge in [0, 0.05) is 18.4 Å². The van der Waals surface area contributed by atoms with Gasteiger partial charge in [0.2, 0.25) is 0 Å². The highest BCUT2D eigenvalue weighted by atomic mass is 32.2. The molecule has 5 nitrogen and oxygen atoms in total. The second-order valence-corrected chi connectivity index (χ2v) is 6.50.